The first-order chi connectivity index (χ1) is 23.5. The molecule has 3 rings (SSSR count). The number of nitrogens with one attached hydrogen (secondary N) is 4. The highest BCUT2D eigenvalue weighted by Crippen LogP contribution is 2.30. The van der Waals surface area contributed by atoms with E-state index in [1.54, 1.807) is 38.1 Å². The van der Waals surface area contributed by atoms with Gasteiger partial charge in [0.05, 0.1) is 25.2 Å². The molecule has 50 heavy (non-hydrogen) atoms. The Hall–Kier alpha value is -3.79. The van der Waals surface area contributed by atoms with Crippen molar-refractivity contribution in [2.75, 3.05) is 30.9 Å². The second-order valence-electron chi connectivity index (χ2n) is 12.6. The molecule has 2 aromatic carbocycles. The summed E-state index contributed by atoms with van der Waals surface area (Å²) < 4.78 is 0. The third-order valence-electron chi connectivity index (χ3n) is 8.03. The quantitative estimate of drug-likeness (QED) is 0.112. The van der Waals surface area contributed by atoms with Crippen molar-refractivity contribution in [1.29, 1.82) is 0 Å². The molecule has 15 heteroatoms. The zero-order chi connectivity index (χ0) is 37.6. The third kappa shape index (κ3) is 13.2. The summed E-state index contributed by atoms with van der Waals surface area (Å²) >= 11 is 3.96. The summed E-state index contributed by atoms with van der Waals surface area (Å²) in [5.41, 5.74) is 13.9. The first-order valence-electron chi connectivity index (χ1n) is 16.3. The molecule has 3 atom stereocenters. The Kier molecular flexibility index (Phi) is 17.1. The van der Waals surface area contributed by atoms with E-state index in [0.29, 0.717) is 0 Å². The van der Waals surface area contributed by atoms with Gasteiger partial charge in [0.1, 0.15) is 17.3 Å². The largest absolute Gasteiger partial charge is 0.508 e. The van der Waals surface area contributed by atoms with Crippen LogP contribution in [0.5, 0.6) is 5.75 Å². The number of amides is 5. The fourth-order valence-corrected chi connectivity index (χ4v) is 7.01. The molecule has 0 aliphatic heterocycles. The lowest BCUT2D eigenvalue weighted by Gasteiger charge is -2.29. The smallest absolute Gasteiger partial charge is 0.246 e. The summed E-state index contributed by atoms with van der Waals surface area (Å²) in [5, 5.41) is 30.2. The number of aliphatic hydroxyl groups is 1. The van der Waals surface area contributed by atoms with Gasteiger partial charge in [0.15, 0.2) is 0 Å². The number of benzene rings is 2. The van der Waals surface area contributed by atoms with Crippen LogP contribution in [0.2, 0.25) is 0 Å². The Morgan fingerprint density at radius 2 is 1.48 bits per heavy atom. The monoisotopic (exact) mass is 732 g/mol. The molecule has 0 saturated heterocycles. The number of hydrogen-bond acceptors (Lipinski definition) is 10. The lowest BCUT2D eigenvalue weighted by Crippen LogP contribution is -2.62. The fourth-order valence-electron chi connectivity index (χ4n) is 5.49. The average molecular weight is 733 g/mol. The van der Waals surface area contributed by atoms with Crippen LogP contribution in [0.3, 0.4) is 0 Å². The number of aryl methyl sites for hydroxylation is 2. The van der Waals surface area contributed by atoms with Gasteiger partial charge in [0.25, 0.3) is 0 Å². The molecule has 0 aromatic heterocycles. The molecule has 1 aliphatic carbocycles. The summed E-state index contributed by atoms with van der Waals surface area (Å²) in [5.74, 6) is -0.823. The van der Waals surface area contributed by atoms with Crippen LogP contribution in [0.15, 0.2) is 36.4 Å². The van der Waals surface area contributed by atoms with E-state index in [1.165, 1.54) is 18.4 Å². The minimum absolute atomic E-state index is 0.116. The number of thioether (sulfide) groups is 2. The molecule has 0 bridgehead atoms. The first kappa shape index (κ1) is 42.4. The van der Waals surface area contributed by atoms with E-state index >= 15 is 0 Å². The number of aliphatic hydroxyl groups excluding tert-OH is 1. The highest BCUT2D eigenvalue weighted by atomic mass is 32.2. The number of hydrogen-bond donors (Lipinski definition) is 8. The second-order valence-corrected chi connectivity index (χ2v) is 15.3. The molecule has 10 N–H and O–H groups in total. The van der Waals surface area contributed by atoms with Crippen molar-refractivity contribution in [3.8, 4) is 5.75 Å². The van der Waals surface area contributed by atoms with E-state index in [9.17, 15) is 34.2 Å². The summed E-state index contributed by atoms with van der Waals surface area (Å²) in [6.45, 7) is 8.39. The Labute approximate surface area is 302 Å². The molecule has 13 nitrogen and oxygen atoms in total. The number of primary amides is 1. The molecule has 2 aromatic rings. The summed E-state index contributed by atoms with van der Waals surface area (Å²) in [6.07, 6.45) is 1.40. The number of fused-ring (bicyclic) bond motifs is 1. The van der Waals surface area contributed by atoms with E-state index in [-0.39, 0.29) is 25.0 Å². The molecular weight excluding hydrogens is 681 g/mol. The van der Waals surface area contributed by atoms with Crippen molar-refractivity contribution in [1.82, 2.24) is 21.3 Å². The van der Waals surface area contributed by atoms with Crippen molar-refractivity contribution in [3.63, 3.8) is 0 Å². The zero-order valence-corrected chi connectivity index (χ0v) is 31.3. The van der Waals surface area contributed by atoms with E-state index in [4.69, 9.17) is 11.5 Å². The Balaban J connectivity index is 0.000000963. The SMILES string of the molecule is CSCCSC(C)C.Cc1cc(O)cc(C)c1CC(N)C(=O)NCC(=O)NC1(C(=O)NCC(=O)NC(C(N)=O)C(C)O)Cc2ccccc2C1. The van der Waals surface area contributed by atoms with Crippen LogP contribution >= 0.6 is 23.5 Å². The van der Waals surface area contributed by atoms with Crippen molar-refractivity contribution in [2.45, 2.75) is 82.9 Å². The molecule has 3 unspecified atom stereocenters. The lowest BCUT2D eigenvalue weighted by atomic mass is 9.94. The minimum atomic E-state index is -1.44. The third-order valence-corrected chi connectivity index (χ3v) is 10.0. The Morgan fingerprint density at radius 3 is 1.98 bits per heavy atom. The Morgan fingerprint density at radius 1 is 0.920 bits per heavy atom. The molecule has 0 spiro atoms. The number of rotatable bonds is 16. The van der Waals surface area contributed by atoms with Gasteiger partial charge in [0.2, 0.25) is 29.5 Å². The van der Waals surface area contributed by atoms with E-state index in [2.05, 4.69) is 41.4 Å². The van der Waals surface area contributed by atoms with Crippen molar-refractivity contribution in [2.24, 2.45) is 11.5 Å². The number of phenolic OH excluding ortho intramolecular Hbond substituents is 1. The number of phenols is 1. The summed E-state index contributed by atoms with van der Waals surface area (Å²) in [6, 6.07) is 8.14. The average Bonchev–Trinajstić information content (AvgIpc) is 3.42. The van der Waals surface area contributed by atoms with Gasteiger partial charge in [-0.3, -0.25) is 24.0 Å². The van der Waals surface area contributed by atoms with Crippen LogP contribution in [0.1, 0.15) is 48.6 Å². The molecule has 1 aliphatic rings. The van der Waals surface area contributed by atoms with Gasteiger partial charge in [0, 0.05) is 24.3 Å². The van der Waals surface area contributed by atoms with Gasteiger partial charge in [-0.1, -0.05) is 38.1 Å². The number of carbonyl (C=O) groups is 5. The standard InChI is InChI=1S/C29H38N6O7.C6H14S2/c1-15-8-20(37)9-16(2)21(15)10-22(30)27(41)32-14-24(39)35-29(11-18-6-4-5-7-19(18)12-29)28(42)33-13-23(38)34-25(17(3)36)26(31)40;1-6(2)8-5-4-7-3/h4-9,17,22,25,36-37H,10-14,30H2,1-3H3,(H2,31,40)(H,32,41)(H,33,42)(H,34,38)(H,35,39);6H,4-5H2,1-3H3. The minimum Gasteiger partial charge on any atom is -0.508 e. The first-order valence-corrected chi connectivity index (χ1v) is 18.8. The highest BCUT2D eigenvalue weighted by molar-refractivity contribution is 8.02. The molecule has 0 heterocycles. The number of aromatic hydroxyl groups is 1. The predicted molar refractivity (Wildman–Crippen MR) is 199 cm³/mol. The van der Waals surface area contributed by atoms with Gasteiger partial charge < -0.3 is 42.9 Å². The summed E-state index contributed by atoms with van der Waals surface area (Å²) in [7, 11) is 0. The van der Waals surface area contributed by atoms with Gasteiger partial charge in [-0.2, -0.15) is 23.5 Å². The van der Waals surface area contributed by atoms with Crippen LogP contribution in [-0.4, -0.2) is 99.6 Å². The second kappa shape index (κ2) is 20.2. The number of nitrogens with two attached hydrogens (primary N) is 2. The molecule has 0 radical (unpaired) electrons. The Bertz CT molecular complexity index is 1460. The van der Waals surface area contributed by atoms with Crippen LogP contribution in [0.4, 0.5) is 0 Å². The van der Waals surface area contributed by atoms with Gasteiger partial charge in [-0.25, -0.2) is 0 Å². The molecular formula is C35H52N6O7S2. The predicted octanol–water partition coefficient (Wildman–Crippen LogP) is 0.607. The van der Waals surface area contributed by atoms with Crippen molar-refractivity contribution >= 4 is 53.1 Å². The maximum atomic E-state index is 13.4. The van der Waals surface area contributed by atoms with Crippen molar-refractivity contribution < 1.29 is 34.2 Å². The lowest BCUT2D eigenvalue weighted by molar-refractivity contribution is -0.135. The van der Waals surface area contributed by atoms with Gasteiger partial charge >= 0.3 is 0 Å². The maximum absolute atomic E-state index is 13.4. The van der Waals surface area contributed by atoms with Crippen molar-refractivity contribution in [3.05, 3.63) is 64.2 Å². The zero-order valence-electron chi connectivity index (χ0n) is 29.6. The molecule has 0 saturated carbocycles. The molecule has 5 amide bonds. The molecule has 0 fully saturated rings. The topological polar surface area (TPSA) is 226 Å². The van der Waals surface area contributed by atoms with E-state index in [1.807, 2.05) is 35.7 Å². The van der Waals surface area contributed by atoms with Gasteiger partial charge in [-0.05, 0) is 78.6 Å². The van der Waals surface area contributed by atoms with Crippen LogP contribution < -0.4 is 32.7 Å². The van der Waals surface area contributed by atoms with Crippen LogP contribution in [0, 0.1) is 13.8 Å². The van der Waals surface area contributed by atoms with E-state index in [0.717, 1.165) is 33.1 Å². The van der Waals surface area contributed by atoms with E-state index < -0.39 is 66.4 Å². The maximum Gasteiger partial charge on any atom is 0.246 e. The van der Waals surface area contributed by atoms with Crippen LogP contribution in [-0.2, 0) is 43.2 Å². The fraction of sp³-hybridized carbons (Fsp3) is 0.514. The highest BCUT2D eigenvalue weighted by Gasteiger charge is 2.45. The van der Waals surface area contributed by atoms with Crippen LogP contribution in [0.25, 0.3) is 0 Å². The number of carbonyl (C=O) groups excluding carboxylic acids is 5. The summed E-state index contributed by atoms with van der Waals surface area (Å²) in [4.78, 5) is 62.9. The van der Waals surface area contributed by atoms with Gasteiger partial charge in [-0.15, -0.1) is 0 Å². The normalized spacial score (nSPS) is 14.7. The molecule has 276 valence electrons.